The first-order valence-electron chi connectivity index (χ1n) is 13.0. The van der Waals surface area contributed by atoms with Crippen molar-refractivity contribution in [1.82, 2.24) is 4.90 Å². The van der Waals surface area contributed by atoms with E-state index in [2.05, 4.69) is 0 Å². The van der Waals surface area contributed by atoms with Crippen LogP contribution in [0.2, 0.25) is 0 Å². The Labute approximate surface area is 254 Å². The summed E-state index contributed by atoms with van der Waals surface area (Å²) >= 11 is 0. The summed E-state index contributed by atoms with van der Waals surface area (Å²) in [4.78, 5) is 25.7. The SMILES string of the molecule is CCO.COc1cccc(OCCCN)c1.COc1cccc(OCCCN2C(=O)c3ccccc3C2=O)c1.Cl.N=N.[HH]. The van der Waals surface area contributed by atoms with Crippen molar-refractivity contribution in [3.05, 3.63) is 83.9 Å². The second-order valence-corrected chi connectivity index (χ2v) is 8.17. The maximum absolute atomic E-state index is 12.2. The van der Waals surface area contributed by atoms with Crippen molar-refractivity contribution in [2.45, 2.75) is 19.8 Å². The molecule has 0 unspecified atom stereocenters. The molecular weight excluding hydrogens is 564 g/mol. The van der Waals surface area contributed by atoms with Gasteiger partial charge in [0.15, 0.2) is 0 Å². The summed E-state index contributed by atoms with van der Waals surface area (Å²) < 4.78 is 21.2. The van der Waals surface area contributed by atoms with Crippen molar-refractivity contribution >= 4 is 24.2 Å². The fourth-order valence-electron chi connectivity index (χ4n) is 3.51. The summed E-state index contributed by atoms with van der Waals surface area (Å²) in [5.74, 6) is 2.60. The predicted octanol–water partition coefficient (Wildman–Crippen LogP) is 5.45. The lowest BCUT2D eigenvalue weighted by Crippen LogP contribution is -2.31. The van der Waals surface area contributed by atoms with Gasteiger partial charge in [-0.15, -0.1) is 12.4 Å². The normalized spacial score (nSPS) is 10.7. The number of amides is 2. The van der Waals surface area contributed by atoms with Gasteiger partial charge in [-0.2, -0.15) is 0 Å². The topological polar surface area (TPSA) is 168 Å². The summed E-state index contributed by atoms with van der Waals surface area (Å²) in [7, 11) is 3.24. The zero-order valence-electron chi connectivity index (χ0n) is 24.2. The van der Waals surface area contributed by atoms with E-state index in [9.17, 15) is 9.59 Å². The quantitative estimate of drug-likeness (QED) is 0.127. The molecule has 3 aromatic carbocycles. The van der Waals surface area contributed by atoms with Crippen LogP contribution in [0.4, 0.5) is 0 Å². The molecule has 5 N–H and O–H groups in total. The highest BCUT2D eigenvalue weighted by Crippen LogP contribution is 2.23. The molecule has 0 atom stereocenters. The van der Waals surface area contributed by atoms with Crippen molar-refractivity contribution in [2.75, 3.05) is 47.1 Å². The zero-order chi connectivity index (χ0) is 30.5. The van der Waals surface area contributed by atoms with E-state index >= 15 is 0 Å². The van der Waals surface area contributed by atoms with Crippen molar-refractivity contribution in [3.63, 3.8) is 0 Å². The number of halogens is 1. The Morgan fingerprint density at radius 1 is 0.762 bits per heavy atom. The minimum atomic E-state index is -0.230. The first-order valence-corrected chi connectivity index (χ1v) is 13.0. The molecule has 0 saturated heterocycles. The number of hydrogen-bond donors (Lipinski definition) is 4. The Morgan fingerprint density at radius 3 is 1.57 bits per heavy atom. The number of aliphatic hydroxyl groups excluding tert-OH is 1. The number of nitrogens with zero attached hydrogens (tertiary/aromatic N) is 1. The van der Waals surface area contributed by atoms with Crippen LogP contribution in [-0.2, 0) is 0 Å². The Hall–Kier alpha value is -4.19. The van der Waals surface area contributed by atoms with Crippen LogP contribution in [-0.4, -0.2) is 69.0 Å². The third kappa shape index (κ3) is 12.5. The molecule has 12 heteroatoms. The Balaban J connectivity index is 0. The average Bonchev–Trinajstić information content (AvgIpc) is 3.26. The van der Waals surface area contributed by atoms with Crippen molar-refractivity contribution < 1.29 is 35.1 Å². The van der Waals surface area contributed by atoms with Crippen LogP contribution in [0.25, 0.3) is 0 Å². The van der Waals surface area contributed by atoms with Crippen molar-refractivity contribution in [1.29, 1.82) is 11.1 Å². The third-order valence-corrected chi connectivity index (χ3v) is 5.37. The number of rotatable bonds is 11. The number of imide groups is 1. The molecule has 1 heterocycles. The predicted molar refractivity (Wildman–Crippen MR) is 165 cm³/mol. The van der Waals surface area contributed by atoms with Crippen LogP contribution in [0.3, 0.4) is 0 Å². The van der Waals surface area contributed by atoms with Crippen LogP contribution < -0.4 is 24.7 Å². The number of aliphatic hydroxyl groups is 1. The Bertz CT molecular complexity index is 1170. The average molecular weight is 607 g/mol. The van der Waals surface area contributed by atoms with Gasteiger partial charge < -0.3 is 29.8 Å². The van der Waals surface area contributed by atoms with Gasteiger partial charge in [-0.05, 0) is 62.7 Å². The summed E-state index contributed by atoms with van der Waals surface area (Å²) in [5, 5.41) is 7.57. The molecule has 0 aromatic heterocycles. The lowest BCUT2D eigenvalue weighted by Gasteiger charge is -2.14. The monoisotopic (exact) mass is 606 g/mol. The van der Waals surface area contributed by atoms with Crippen LogP contribution in [0, 0.1) is 11.1 Å². The van der Waals surface area contributed by atoms with Crippen LogP contribution in [0.1, 0.15) is 41.9 Å². The molecule has 42 heavy (non-hydrogen) atoms. The maximum Gasteiger partial charge on any atom is 0.261 e. The molecule has 3 aromatic rings. The number of benzene rings is 3. The molecule has 0 spiro atoms. The number of fused-ring (bicyclic) bond motifs is 1. The number of carbonyl (C=O) groups is 2. The van der Waals surface area contributed by atoms with Gasteiger partial charge in [0.2, 0.25) is 0 Å². The molecule has 0 radical (unpaired) electrons. The molecular formula is C30H43ClN4O7. The lowest BCUT2D eigenvalue weighted by atomic mass is 10.1. The van der Waals surface area contributed by atoms with Crippen molar-refractivity contribution in [3.8, 4) is 23.0 Å². The van der Waals surface area contributed by atoms with E-state index < -0.39 is 0 Å². The minimum absolute atomic E-state index is 0. The van der Waals surface area contributed by atoms with E-state index in [1.165, 1.54) is 4.90 Å². The number of carbonyl (C=O) groups excluding carboxylic acids is 2. The number of methoxy groups -OCH3 is 2. The van der Waals surface area contributed by atoms with Gasteiger partial charge in [0, 0.05) is 26.7 Å². The smallest absolute Gasteiger partial charge is 0.261 e. The van der Waals surface area contributed by atoms with Gasteiger partial charge in [-0.3, -0.25) is 14.5 Å². The number of nitrogens with two attached hydrogens (primary N) is 1. The zero-order valence-corrected chi connectivity index (χ0v) is 25.0. The molecule has 11 nitrogen and oxygen atoms in total. The van der Waals surface area contributed by atoms with Crippen LogP contribution in [0.5, 0.6) is 23.0 Å². The van der Waals surface area contributed by atoms with Gasteiger partial charge >= 0.3 is 0 Å². The molecule has 2 amide bonds. The molecule has 0 fully saturated rings. The summed E-state index contributed by atoms with van der Waals surface area (Å²) in [6, 6.07) is 21.8. The second-order valence-electron chi connectivity index (χ2n) is 8.17. The maximum atomic E-state index is 12.2. The molecule has 0 aliphatic carbocycles. The van der Waals surface area contributed by atoms with E-state index in [1.54, 1.807) is 51.5 Å². The summed E-state index contributed by atoms with van der Waals surface area (Å²) in [6.45, 7) is 4.00. The first-order chi connectivity index (χ1) is 20.0. The number of hydrogen-bond acceptors (Lipinski definition) is 10. The van der Waals surface area contributed by atoms with Crippen LogP contribution in [0.15, 0.2) is 72.8 Å². The fraction of sp³-hybridized carbons (Fsp3) is 0.333. The second kappa shape index (κ2) is 22.5. The number of nitrogens with one attached hydrogen (secondary N) is 2. The van der Waals surface area contributed by atoms with Crippen LogP contribution >= 0.6 is 12.4 Å². The van der Waals surface area contributed by atoms with E-state index in [0.29, 0.717) is 49.6 Å². The van der Waals surface area contributed by atoms with E-state index in [0.717, 1.165) is 23.7 Å². The minimum Gasteiger partial charge on any atom is -0.497 e. The summed E-state index contributed by atoms with van der Waals surface area (Å²) in [6.07, 6.45) is 1.44. The lowest BCUT2D eigenvalue weighted by molar-refractivity contribution is 0.0646. The molecule has 0 bridgehead atoms. The van der Waals surface area contributed by atoms with E-state index in [1.807, 2.05) is 42.5 Å². The summed E-state index contributed by atoms with van der Waals surface area (Å²) in [5.41, 5.74) is 16.3. The largest absolute Gasteiger partial charge is 0.497 e. The van der Waals surface area contributed by atoms with Gasteiger partial charge in [-0.1, -0.05) is 24.3 Å². The van der Waals surface area contributed by atoms with E-state index in [4.69, 9.17) is 40.8 Å². The molecule has 1 aliphatic heterocycles. The van der Waals surface area contributed by atoms with Crippen molar-refractivity contribution in [2.24, 2.45) is 5.73 Å². The van der Waals surface area contributed by atoms with Gasteiger partial charge in [0.1, 0.15) is 23.0 Å². The molecule has 232 valence electrons. The first kappa shape index (κ1) is 37.8. The highest BCUT2D eigenvalue weighted by molar-refractivity contribution is 6.21. The fourth-order valence-corrected chi connectivity index (χ4v) is 3.51. The number of ether oxygens (including phenoxy) is 4. The molecule has 0 saturated carbocycles. The third-order valence-electron chi connectivity index (χ3n) is 5.37. The van der Waals surface area contributed by atoms with Gasteiger partial charge in [-0.25, -0.2) is 11.1 Å². The molecule has 4 rings (SSSR count). The Kier molecular flexibility index (Phi) is 20.2. The van der Waals surface area contributed by atoms with Gasteiger partial charge in [0.05, 0.1) is 38.6 Å². The van der Waals surface area contributed by atoms with E-state index in [-0.39, 0.29) is 32.3 Å². The Morgan fingerprint density at radius 2 is 1.17 bits per heavy atom. The highest BCUT2D eigenvalue weighted by Gasteiger charge is 2.34. The standard InChI is InChI=1S/C18H17NO4.C10H15NO2.C2H6O.ClH.H2N2.H2/c1-22-13-6-4-7-14(12-13)23-11-5-10-19-17(20)15-8-2-3-9-16(15)18(19)21;1-12-9-4-2-5-10(8-9)13-7-3-6-11;1-2-3;;1-2;/h2-4,6-9,12H,5,10-11H2,1H3;2,4-5,8H,3,6-7,11H2,1H3;3H,2H2,1H3;1H;1-2H;1H. The van der Waals surface area contributed by atoms with Gasteiger partial charge in [0.25, 0.3) is 11.8 Å². The molecule has 1 aliphatic rings. The highest BCUT2D eigenvalue weighted by atomic mass is 35.5.